The van der Waals surface area contributed by atoms with Gasteiger partial charge in [-0.05, 0) is 34.1 Å². The van der Waals surface area contributed by atoms with Crippen LogP contribution in [0.3, 0.4) is 0 Å². The first kappa shape index (κ1) is 12.8. The molecule has 18 heavy (non-hydrogen) atoms. The Bertz CT molecular complexity index is 543. The third-order valence-electron chi connectivity index (χ3n) is 2.63. The molecular formula is C14H14BrNO2. The summed E-state index contributed by atoms with van der Waals surface area (Å²) in [5.74, 6) is 1.08. The maximum atomic E-state index is 9.66. The quantitative estimate of drug-likeness (QED) is 0.903. The van der Waals surface area contributed by atoms with E-state index in [1.54, 1.807) is 13.2 Å². The van der Waals surface area contributed by atoms with Gasteiger partial charge in [0.05, 0.1) is 11.6 Å². The molecule has 0 bridgehead atoms. The number of ether oxygens (including phenoxy) is 1. The van der Waals surface area contributed by atoms with E-state index in [1.165, 1.54) is 0 Å². The molecule has 94 valence electrons. The highest BCUT2D eigenvalue weighted by Gasteiger charge is 2.03. The molecule has 3 nitrogen and oxygen atoms in total. The van der Waals surface area contributed by atoms with Crippen molar-refractivity contribution in [3.8, 4) is 11.5 Å². The SMILES string of the molecule is COc1cc(NCc2ccccc2O)ccc1Br. The summed E-state index contributed by atoms with van der Waals surface area (Å²) < 4.78 is 6.14. The fourth-order valence-corrected chi connectivity index (χ4v) is 2.04. The second kappa shape index (κ2) is 5.78. The normalized spacial score (nSPS) is 10.1. The average molecular weight is 308 g/mol. The predicted octanol–water partition coefficient (Wildman–Crippen LogP) is 3.78. The molecule has 0 saturated carbocycles. The van der Waals surface area contributed by atoms with Gasteiger partial charge in [-0.3, -0.25) is 0 Å². The summed E-state index contributed by atoms with van der Waals surface area (Å²) >= 11 is 3.41. The number of hydrogen-bond acceptors (Lipinski definition) is 3. The number of para-hydroxylation sites is 1. The lowest BCUT2D eigenvalue weighted by atomic mass is 10.2. The molecule has 0 aliphatic carbocycles. The first-order chi connectivity index (χ1) is 8.70. The van der Waals surface area contributed by atoms with Gasteiger partial charge in [-0.2, -0.15) is 0 Å². The fourth-order valence-electron chi connectivity index (χ4n) is 1.63. The molecule has 0 aliphatic rings. The van der Waals surface area contributed by atoms with E-state index in [-0.39, 0.29) is 0 Å². The van der Waals surface area contributed by atoms with E-state index in [2.05, 4.69) is 21.2 Å². The van der Waals surface area contributed by atoms with Gasteiger partial charge in [0.15, 0.2) is 0 Å². The Hall–Kier alpha value is -1.68. The van der Waals surface area contributed by atoms with Crippen molar-refractivity contribution < 1.29 is 9.84 Å². The highest BCUT2D eigenvalue weighted by molar-refractivity contribution is 9.10. The number of phenolic OH excluding ortho intramolecular Hbond substituents is 1. The summed E-state index contributed by atoms with van der Waals surface area (Å²) in [4.78, 5) is 0. The van der Waals surface area contributed by atoms with Crippen molar-refractivity contribution >= 4 is 21.6 Å². The van der Waals surface area contributed by atoms with Crippen molar-refractivity contribution in [3.63, 3.8) is 0 Å². The van der Waals surface area contributed by atoms with Gasteiger partial charge in [0.2, 0.25) is 0 Å². The van der Waals surface area contributed by atoms with Gasteiger partial charge in [-0.25, -0.2) is 0 Å². The van der Waals surface area contributed by atoms with E-state index in [0.717, 1.165) is 21.5 Å². The Morgan fingerprint density at radius 3 is 2.72 bits per heavy atom. The molecule has 2 N–H and O–H groups in total. The Morgan fingerprint density at radius 2 is 2.00 bits per heavy atom. The summed E-state index contributed by atoms with van der Waals surface area (Å²) in [6.45, 7) is 0.567. The summed E-state index contributed by atoms with van der Waals surface area (Å²) in [6, 6.07) is 13.1. The maximum Gasteiger partial charge on any atom is 0.135 e. The fraction of sp³-hybridized carbons (Fsp3) is 0.143. The molecule has 0 amide bonds. The Morgan fingerprint density at radius 1 is 1.22 bits per heavy atom. The Balaban J connectivity index is 2.09. The van der Waals surface area contributed by atoms with Crippen LogP contribution in [0.4, 0.5) is 5.69 Å². The van der Waals surface area contributed by atoms with Gasteiger partial charge in [-0.1, -0.05) is 18.2 Å². The topological polar surface area (TPSA) is 41.5 Å². The number of nitrogens with one attached hydrogen (secondary N) is 1. The van der Waals surface area contributed by atoms with Crippen LogP contribution in [0.25, 0.3) is 0 Å². The standard InChI is InChI=1S/C14H14BrNO2/c1-18-14-8-11(6-7-12(14)15)16-9-10-4-2-3-5-13(10)17/h2-8,16-17H,9H2,1H3. The van der Waals surface area contributed by atoms with Crippen molar-refractivity contribution in [3.05, 3.63) is 52.5 Å². The minimum absolute atomic E-state index is 0.300. The van der Waals surface area contributed by atoms with Crippen LogP contribution < -0.4 is 10.1 Å². The van der Waals surface area contributed by atoms with E-state index in [9.17, 15) is 5.11 Å². The molecule has 0 unspecified atom stereocenters. The first-order valence-electron chi connectivity index (χ1n) is 5.55. The number of rotatable bonds is 4. The van der Waals surface area contributed by atoms with Crippen LogP contribution in [-0.4, -0.2) is 12.2 Å². The molecule has 0 radical (unpaired) electrons. The number of anilines is 1. The molecule has 2 aromatic rings. The van der Waals surface area contributed by atoms with Crippen LogP contribution in [0.15, 0.2) is 46.9 Å². The maximum absolute atomic E-state index is 9.66. The molecule has 0 spiro atoms. The van der Waals surface area contributed by atoms with Crippen molar-refractivity contribution in [1.29, 1.82) is 0 Å². The van der Waals surface area contributed by atoms with Crippen molar-refractivity contribution in [2.45, 2.75) is 6.54 Å². The third kappa shape index (κ3) is 2.96. The third-order valence-corrected chi connectivity index (χ3v) is 3.28. The molecule has 0 heterocycles. The van der Waals surface area contributed by atoms with Crippen LogP contribution in [0, 0.1) is 0 Å². The van der Waals surface area contributed by atoms with Crippen molar-refractivity contribution in [1.82, 2.24) is 0 Å². The van der Waals surface area contributed by atoms with Crippen LogP contribution >= 0.6 is 15.9 Å². The number of aromatic hydroxyl groups is 1. The summed E-state index contributed by atoms with van der Waals surface area (Å²) in [5.41, 5.74) is 1.80. The molecule has 0 saturated heterocycles. The molecule has 2 aromatic carbocycles. The van der Waals surface area contributed by atoms with E-state index >= 15 is 0 Å². The molecule has 0 atom stereocenters. The van der Waals surface area contributed by atoms with Crippen LogP contribution in [-0.2, 0) is 6.54 Å². The van der Waals surface area contributed by atoms with E-state index in [0.29, 0.717) is 12.3 Å². The largest absolute Gasteiger partial charge is 0.508 e. The van der Waals surface area contributed by atoms with Gasteiger partial charge in [0, 0.05) is 23.9 Å². The molecule has 2 rings (SSSR count). The zero-order valence-electron chi connectivity index (χ0n) is 9.98. The van der Waals surface area contributed by atoms with Crippen molar-refractivity contribution in [2.75, 3.05) is 12.4 Å². The zero-order chi connectivity index (χ0) is 13.0. The zero-order valence-corrected chi connectivity index (χ0v) is 11.6. The lowest BCUT2D eigenvalue weighted by Gasteiger charge is -2.10. The number of halogens is 1. The Kier molecular flexibility index (Phi) is 4.10. The van der Waals surface area contributed by atoms with Gasteiger partial charge in [0.1, 0.15) is 11.5 Å². The number of hydrogen-bond donors (Lipinski definition) is 2. The average Bonchev–Trinajstić information content (AvgIpc) is 2.39. The predicted molar refractivity (Wildman–Crippen MR) is 76.1 cm³/mol. The van der Waals surface area contributed by atoms with Gasteiger partial charge in [0.25, 0.3) is 0 Å². The minimum Gasteiger partial charge on any atom is -0.508 e. The second-order valence-corrected chi connectivity index (χ2v) is 4.69. The van der Waals surface area contributed by atoms with Gasteiger partial charge >= 0.3 is 0 Å². The van der Waals surface area contributed by atoms with Gasteiger partial charge < -0.3 is 15.2 Å². The Labute approximate surface area is 115 Å². The number of phenols is 1. The smallest absolute Gasteiger partial charge is 0.135 e. The monoisotopic (exact) mass is 307 g/mol. The van der Waals surface area contributed by atoms with E-state index in [1.807, 2.05) is 36.4 Å². The van der Waals surface area contributed by atoms with E-state index < -0.39 is 0 Å². The van der Waals surface area contributed by atoms with Crippen LogP contribution in [0.2, 0.25) is 0 Å². The van der Waals surface area contributed by atoms with Gasteiger partial charge in [-0.15, -0.1) is 0 Å². The molecule has 0 fully saturated rings. The molecular weight excluding hydrogens is 294 g/mol. The molecule has 0 aliphatic heterocycles. The minimum atomic E-state index is 0.300. The molecule has 0 aromatic heterocycles. The highest BCUT2D eigenvalue weighted by atomic mass is 79.9. The summed E-state index contributed by atoms with van der Waals surface area (Å²) in [7, 11) is 1.63. The first-order valence-corrected chi connectivity index (χ1v) is 6.34. The number of benzene rings is 2. The van der Waals surface area contributed by atoms with Crippen LogP contribution in [0.1, 0.15) is 5.56 Å². The van der Waals surface area contributed by atoms with Crippen LogP contribution in [0.5, 0.6) is 11.5 Å². The lowest BCUT2D eigenvalue weighted by molar-refractivity contribution is 0.412. The highest BCUT2D eigenvalue weighted by Crippen LogP contribution is 2.28. The molecule has 4 heteroatoms. The summed E-state index contributed by atoms with van der Waals surface area (Å²) in [5, 5.41) is 12.9. The van der Waals surface area contributed by atoms with E-state index in [4.69, 9.17) is 4.74 Å². The second-order valence-electron chi connectivity index (χ2n) is 3.83. The number of methoxy groups -OCH3 is 1. The lowest BCUT2D eigenvalue weighted by Crippen LogP contribution is -2.00. The summed E-state index contributed by atoms with van der Waals surface area (Å²) in [6.07, 6.45) is 0. The van der Waals surface area contributed by atoms with Crippen molar-refractivity contribution in [2.24, 2.45) is 0 Å².